The number of aliphatic carboxylic acids is 1. The van der Waals surface area contributed by atoms with E-state index in [1.807, 2.05) is 0 Å². The van der Waals surface area contributed by atoms with Gasteiger partial charge in [-0.15, -0.1) is 0 Å². The zero-order valence-electron chi connectivity index (χ0n) is 17.6. The van der Waals surface area contributed by atoms with Gasteiger partial charge in [-0.1, -0.05) is 6.07 Å². The predicted octanol–water partition coefficient (Wildman–Crippen LogP) is 4.75. The molecule has 9 heteroatoms. The highest BCUT2D eigenvalue weighted by Gasteiger charge is 2.47. The second-order valence-corrected chi connectivity index (χ2v) is 8.99. The summed E-state index contributed by atoms with van der Waals surface area (Å²) in [6.45, 7) is 0. The van der Waals surface area contributed by atoms with Crippen LogP contribution in [0.5, 0.6) is 0 Å². The van der Waals surface area contributed by atoms with Crippen LogP contribution >= 0.6 is 0 Å². The molecule has 0 spiro atoms. The molecule has 2 atom stereocenters. The van der Waals surface area contributed by atoms with Crippen molar-refractivity contribution in [1.82, 2.24) is 19.9 Å². The van der Waals surface area contributed by atoms with Gasteiger partial charge in [0.2, 0.25) is 0 Å². The number of rotatable bonds is 4. The normalized spacial score (nSPS) is 24.4. The fraction of sp³-hybridized carbons (Fsp3) is 0.333. The van der Waals surface area contributed by atoms with Crippen LogP contribution in [-0.2, 0) is 4.79 Å². The highest BCUT2D eigenvalue weighted by Crippen LogP contribution is 2.46. The summed E-state index contributed by atoms with van der Waals surface area (Å²) in [7, 11) is 0. The molecule has 168 valence electrons. The Morgan fingerprint density at radius 1 is 1.09 bits per heavy atom. The van der Waals surface area contributed by atoms with Crippen LogP contribution in [0.3, 0.4) is 0 Å². The van der Waals surface area contributed by atoms with Gasteiger partial charge >= 0.3 is 5.97 Å². The zero-order valence-corrected chi connectivity index (χ0v) is 17.6. The number of hydrogen-bond donors (Lipinski definition) is 3. The van der Waals surface area contributed by atoms with E-state index >= 15 is 0 Å². The van der Waals surface area contributed by atoms with Crippen LogP contribution in [0.4, 0.5) is 14.6 Å². The van der Waals surface area contributed by atoms with Crippen molar-refractivity contribution >= 4 is 33.7 Å². The smallest absolute Gasteiger partial charge is 0.308 e. The summed E-state index contributed by atoms with van der Waals surface area (Å²) in [5, 5.41) is 14.3. The molecule has 4 aromatic rings. The summed E-state index contributed by atoms with van der Waals surface area (Å²) in [6, 6.07) is 5.65. The molecule has 0 aliphatic heterocycles. The molecule has 2 bridgehead atoms. The van der Waals surface area contributed by atoms with Crippen LogP contribution in [0.15, 0.2) is 36.7 Å². The van der Waals surface area contributed by atoms with Gasteiger partial charge in [-0.05, 0) is 55.7 Å². The van der Waals surface area contributed by atoms with Crippen molar-refractivity contribution in [3.05, 3.63) is 48.3 Å². The van der Waals surface area contributed by atoms with E-state index in [1.54, 1.807) is 18.3 Å². The molecule has 0 radical (unpaired) electrons. The third kappa shape index (κ3) is 3.21. The lowest BCUT2D eigenvalue weighted by atomic mass is 9.61. The molecule has 3 fully saturated rings. The number of hydrogen-bond acceptors (Lipinski definition) is 5. The first-order chi connectivity index (χ1) is 16.0. The molecule has 33 heavy (non-hydrogen) atoms. The molecule has 3 heterocycles. The fourth-order valence-corrected chi connectivity index (χ4v) is 5.68. The van der Waals surface area contributed by atoms with Crippen LogP contribution in [-0.4, -0.2) is 37.1 Å². The number of aromatic nitrogens is 4. The lowest BCUT2D eigenvalue weighted by Crippen LogP contribution is -2.51. The Hall–Kier alpha value is -3.62. The minimum absolute atomic E-state index is 0.122. The lowest BCUT2D eigenvalue weighted by Gasteiger charge is -2.47. The second kappa shape index (κ2) is 7.47. The Bertz CT molecular complexity index is 1400. The molecule has 0 saturated heterocycles. The van der Waals surface area contributed by atoms with Crippen LogP contribution in [0.25, 0.3) is 33.3 Å². The molecular weight excluding hydrogens is 428 g/mol. The van der Waals surface area contributed by atoms with Crippen molar-refractivity contribution in [2.24, 2.45) is 17.8 Å². The SMILES string of the molecule is O=C(O)C1C2CCC(CC2)C1Nc1nc(-c2c[nH]c3ncc(F)cc23)nc2c(F)cccc12. The lowest BCUT2D eigenvalue weighted by molar-refractivity contribution is -0.148. The Kier molecular flexibility index (Phi) is 4.53. The minimum atomic E-state index is -0.815. The molecular formula is C24H21F2N5O2. The Morgan fingerprint density at radius 3 is 2.67 bits per heavy atom. The number of H-pyrrole nitrogens is 1. The molecule has 7 rings (SSSR count). The van der Waals surface area contributed by atoms with Gasteiger partial charge in [0.1, 0.15) is 28.6 Å². The van der Waals surface area contributed by atoms with Gasteiger partial charge in [0.15, 0.2) is 5.82 Å². The van der Waals surface area contributed by atoms with Gasteiger partial charge in [0.25, 0.3) is 0 Å². The van der Waals surface area contributed by atoms with Gasteiger partial charge in [-0.2, -0.15) is 0 Å². The van der Waals surface area contributed by atoms with Crippen molar-refractivity contribution in [3.8, 4) is 11.4 Å². The van der Waals surface area contributed by atoms with Crippen molar-refractivity contribution in [1.29, 1.82) is 0 Å². The summed E-state index contributed by atoms with van der Waals surface area (Å²) in [4.78, 5) is 28.2. The van der Waals surface area contributed by atoms with E-state index in [1.165, 1.54) is 12.1 Å². The Labute approximate surface area is 187 Å². The first-order valence-electron chi connectivity index (χ1n) is 11.1. The number of anilines is 1. The maximum atomic E-state index is 14.8. The average Bonchev–Trinajstić information content (AvgIpc) is 3.23. The highest BCUT2D eigenvalue weighted by molar-refractivity contribution is 5.96. The maximum Gasteiger partial charge on any atom is 0.308 e. The minimum Gasteiger partial charge on any atom is -0.481 e. The van der Waals surface area contributed by atoms with E-state index in [9.17, 15) is 18.7 Å². The summed E-state index contributed by atoms with van der Waals surface area (Å²) < 4.78 is 28.7. The summed E-state index contributed by atoms with van der Waals surface area (Å²) >= 11 is 0. The monoisotopic (exact) mass is 449 g/mol. The number of carbonyl (C=O) groups is 1. The number of fused-ring (bicyclic) bond motifs is 5. The number of carboxylic acid groups (broad SMARTS) is 1. The number of nitrogens with zero attached hydrogens (tertiary/aromatic N) is 3. The predicted molar refractivity (Wildman–Crippen MR) is 119 cm³/mol. The average molecular weight is 449 g/mol. The second-order valence-electron chi connectivity index (χ2n) is 8.99. The van der Waals surface area contributed by atoms with Crippen LogP contribution < -0.4 is 5.32 Å². The van der Waals surface area contributed by atoms with Gasteiger partial charge in [-0.25, -0.2) is 23.7 Å². The van der Waals surface area contributed by atoms with Crippen molar-refractivity contribution in [3.63, 3.8) is 0 Å². The molecule has 3 N–H and O–H groups in total. The van der Waals surface area contributed by atoms with Crippen LogP contribution in [0.2, 0.25) is 0 Å². The molecule has 3 aromatic heterocycles. The molecule has 3 aliphatic rings. The van der Waals surface area contributed by atoms with E-state index < -0.39 is 23.5 Å². The van der Waals surface area contributed by atoms with E-state index in [0.29, 0.717) is 27.8 Å². The molecule has 7 nitrogen and oxygen atoms in total. The number of nitrogens with one attached hydrogen (secondary N) is 2. The number of carboxylic acids is 1. The summed E-state index contributed by atoms with van der Waals surface area (Å²) in [5.41, 5.74) is 1.08. The third-order valence-electron chi connectivity index (χ3n) is 7.22. The standard InChI is InChI=1S/C24H21F2N5O2/c25-13-8-15-16(10-28-21(15)27-9-13)23-30-20-14(2-1-3-17(20)26)22(31-23)29-19-12-6-4-11(5-7-12)18(19)24(32)33/h1-3,8-12,18-19H,4-7H2,(H,27,28)(H,32,33)(H,29,30,31). The summed E-state index contributed by atoms with van der Waals surface area (Å²) in [6.07, 6.45) is 6.48. The fourth-order valence-electron chi connectivity index (χ4n) is 5.68. The van der Waals surface area contributed by atoms with Crippen molar-refractivity contribution in [2.45, 2.75) is 31.7 Å². The molecule has 3 saturated carbocycles. The Morgan fingerprint density at radius 2 is 1.88 bits per heavy atom. The van der Waals surface area contributed by atoms with Crippen LogP contribution in [0.1, 0.15) is 25.7 Å². The molecule has 2 unspecified atom stereocenters. The molecule has 1 aromatic carbocycles. The number of halogens is 2. The number of para-hydroxylation sites is 1. The van der Waals surface area contributed by atoms with Crippen molar-refractivity contribution in [2.75, 3.05) is 5.32 Å². The third-order valence-corrected chi connectivity index (χ3v) is 7.22. The number of benzene rings is 1. The van der Waals surface area contributed by atoms with Gasteiger partial charge < -0.3 is 15.4 Å². The largest absolute Gasteiger partial charge is 0.481 e. The van der Waals surface area contributed by atoms with Crippen LogP contribution in [0, 0.1) is 29.4 Å². The van der Waals surface area contributed by atoms with Gasteiger partial charge in [-0.3, -0.25) is 4.79 Å². The number of pyridine rings is 1. The first kappa shape index (κ1) is 20.0. The van der Waals surface area contributed by atoms with E-state index in [0.717, 1.165) is 31.9 Å². The molecule has 3 aliphatic carbocycles. The molecule has 0 amide bonds. The topological polar surface area (TPSA) is 104 Å². The summed E-state index contributed by atoms with van der Waals surface area (Å²) in [5.74, 6) is -1.42. The van der Waals surface area contributed by atoms with Gasteiger partial charge in [0, 0.05) is 28.6 Å². The van der Waals surface area contributed by atoms with E-state index in [4.69, 9.17) is 0 Å². The first-order valence-corrected chi connectivity index (χ1v) is 11.1. The van der Waals surface area contributed by atoms with E-state index in [2.05, 4.69) is 25.3 Å². The maximum absolute atomic E-state index is 14.8. The van der Waals surface area contributed by atoms with Gasteiger partial charge in [0.05, 0.1) is 12.1 Å². The quantitative estimate of drug-likeness (QED) is 0.415. The Balaban J connectivity index is 1.51. The number of aromatic amines is 1. The zero-order chi connectivity index (χ0) is 22.7. The van der Waals surface area contributed by atoms with E-state index in [-0.39, 0.29) is 29.2 Å². The van der Waals surface area contributed by atoms with Crippen molar-refractivity contribution < 1.29 is 18.7 Å². The highest BCUT2D eigenvalue weighted by atomic mass is 19.1.